The van der Waals surface area contributed by atoms with Crippen molar-refractivity contribution in [1.29, 1.82) is 0 Å². The first-order chi connectivity index (χ1) is 8.02. The van der Waals surface area contributed by atoms with Gasteiger partial charge in [0.2, 0.25) is 5.91 Å². The van der Waals surface area contributed by atoms with E-state index in [9.17, 15) is 14.4 Å². The Labute approximate surface area is 98.7 Å². The largest absolute Gasteiger partial charge is 0.481 e. The highest BCUT2D eigenvalue weighted by Gasteiger charge is 2.29. The SMILES string of the molecule is CCOC(=O)NC(=O)CN1CCC(C(=O)O)C1. The van der Waals surface area contributed by atoms with Crippen molar-refractivity contribution in [3.05, 3.63) is 0 Å². The first-order valence-electron chi connectivity index (χ1n) is 5.44. The predicted molar refractivity (Wildman–Crippen MR) is 57.3 cm³/mol. The van der Waals surface area contributed by atoms with Crippen LogP contribution in [0.3, 0.4) is 0 Å². The van der Waals surface area contributed by atoms with Crippen molar-refractivity contribution in [2.24, 2.45) is 5.92 Å². The van der Waals surface area contributed by atoms with Gasteiger partial charge >= 0.3 is 12.1 Å². The highest BCUT2D eigenvalue weighted by Crippen LogP contribution is 2.15. The van der Waals surface area contributed by atoms with Gasteiger partial charge in [0.15, 0.2) is 0 Å². The number of carbonyl (C=O) groups is 3. The average molecular weight is 244 g/mol. The van der Waals surface area contributed by atoms with Crippen LogP contribution < -0.4 is 5.32 Å². The van der Waals surface area contributed by atoms with Gasteiger partial charge in [-0.3, -0.25) is 19.8 Å². The topological polar surface area (TPSA) is 95.9 Å². The molecule has 0 aromatic carbocycles. The lowest BCUT2D eigenvalue weighted by atomic mass is 10.1. The molecule has 1 rings (SSSR count). The second kappa shape index (κ2) is 6.19. The van der Waals surface area contributed by atoms with Crippen LogP contribution in [0.4, 0.5) is 4.79 Å². The minimum absolute atomic E-state index is 0.0165. The number of carbonyl (C=O) groups excluding carboxylic acids is 2. The summed E-state index contributed by atoms with van der Waals surface area (Å²) in [7, 11) is 0. The van der Waals surface area contributed by atoms with Crippen LogP contribution in [0.5, 0.6) is 0 Å². The zero-order valence-electron chi connectivity index (χ0n) is 9.64. The molecule has 1 fully saturated rings. The lowest BCUT2D eigenvalue weighted by Gasteiger charge is -2.13. The van der Waals surface area contributed by atoms with E-state index in [0.717, 1.165) is 0 Å². The number of amides is 2. The van der Waals surface area contributed by atoms with Crippen LogP contribution in [-0.2, 0) is 14.3 Å². The van der Waals surface area contributed by atoms with Gasteiger partial charge in [0, 0.05) is 6.54 Å². The number of carboxylic acids is 1. The van der Waals surface area contributed by atoms with E-state index in [2.05, 4.69) is 10.1 Å². The zero-order chi connectivity index (χ0) is 12.8. The molecule has 0 aliphatic carbocycles. The van der Waals surface area contributed by atoms with Crippen molar-refractivity contribution >= 4 is 18.0 Å². The van der Waals surface area contributed by atoms with Gasteiger partial charge in [-0.25, -0.2) is 4.79 Å². The number of rotatable bonds is 4. The van der Waals surface area contributed by atoms with E-state index >= 15 is 0 Å². The summed E-state index contributed by atoms with van der Waals surface area (Å²) in [4.78, 5) is 34.7. The number of ether oxygens (including phenoxy) is 1. The second-order valence-electron chi connectivity index (χ2n) is 3.83. The molecule has 0 bridgehead atoms. The van der Waals surface area contributed by atoms with Crippen molar-refractivity contribution in [2.45, 2.75) is 13.3 Å². The molecule has 1 heterocycles. The molecule has 2 N–H and O–H groups in total. The lowest BCUT2D eigenvalue weighted by Crippen LogP contribution is -2.39. The van der Waals surface area contributed by atoms with Gasteiger partial charge in [0.1, 0.15) is 0 Å². The summed E-state index contributed by atoms with van der Waals surface area (Å²) in [5.74, 6) is -1.75. The minimum Gasteiger partial charge on any atom is -0.481 e. The van der Waals surface area contributed by atoms with Gasteiger partial charge in [-0.15, -0.1) is 0 Å². The van der Waals surface area contributed by atoms with Crippen LogP contribution in [0.15, 0.2) is 0 Å². The molecule has 0 spiro atoms. The van der Waals surface area contributed by atoms with Crippen LogP contribution >= 0.6 is 0 Å². The quantitative estimate of drug-likeness (QED) is 0.702. The molecule has 96 valence electrons. The molecule has 0 radical (unpaired) electrons. The number of imide groups is 1. The molecule has 1 atom stereocenters. The number of carboxylic acid groups (broad SMARTS) is 1. The molecule has 17 heavy (non-hydrogen) atoms. The fraction of sp³-hybridized carbons (Fsp3) is 0.700. The zero-order valence-corrected chi connectivity index (χ0v) is 9.64. The van der Waals surface area contributed by atoms with Crippen LogP contribution in [0, 0.1) is 5.92 Å². The maximum atomic E-state index is 11.4. The summed E-state index contributed by atoms with van der Waals surface area (Å²) in [6.45, 7) is 2.74. The fourth-order valence-corrected chi connectivity index (χ4v) is 1.70. The van der Waals surface area contributed by atoms with E-state index < -0.39 is 23.9 Å². The molecule has 1 unspecified atom stereocenters. The molecular weight excluding hydrogens is 228 g/mol. The molecule has 1 aliphatic rings. The standard InChI is InChI=1S/C10H16N2O5/c1-2-17-10(16)11-8(13)6-12-4-3-7(5-12)9(14)15/h7H,2-6H2,1H3,(H,14,15)(H,11,13,16). The summed E-state index contributed by atoms with van der Waals surface area (Å²) >= 11 is 0. The molecule has 0 saturated carbocycles. The Kier molecular flexibility index (Phi) is 4.89. The average Bonchev–Trinajstić information content (AvgIpc) is 2.66. The fourth-order valence-electron chi connectivity index (χ4n) is 1.70. The summed E-state index contributed by atoms with van der Waals surface area (Å²) < 4.78 is 4.55. The Hall–Kier alpha value is -1.63. The number of aliphatic carboxylic acids is 1. The summed E-state index contributed by atoms with van der Waals surface area (Å²) in [6, 6.07) is 0. The molecule has 7 nitrogen and oxygen atoms in total. The number of hydrogen-bond donors (Lipinski definition) is 2. The highest BCUT2D eigenvalue weighted by atomic mass is 16.5. The van der Waals surface area contributed by atoms with Gasteiger partial charge in [-0.05, 0) is 19.9 Å². The molecule has 7 heteroatoms. The molecule has 0 aromatic heterocycles. The third kappa shape index (κ3) is 4.39. The number of nitrogens with zero attached hydrogens (tertiary/aromatic N) is 1. The molecule has 0 aromatic rings. The van der Waals surface area contributed by atoms with E-state index in [0.29, 0.717) is 19.5 Å². The first-order valence-corrected chi connectivity index (χ1v) is 5.44. The Morgan fingerprint density at radius 2 is 2.18 bits per heavy atom. The minimum atomic E-state index is -0.849. The number of alkyl carbamates (subject to hydrolysis) is 1. The van der Waals surface area contributed by atoms with E-state index in [-0.39, 0.29) is 13.2 Å². The van der Waals surface area contributed by atoms with Crippen molar-refractivity contribution in [3.8, 4) is 0 Å². The van der Waals surface area contributed by atoms with Crippen molar-refractivity contribution in [3.63, 3.8) is 0 Å². The van der Waals surface area contributed by atoms with Gasteiger partial charge in [0.25, 0.3) is 0 Å². The Morgan fingerprint density at radius 3 is 2.71 bits per heavy atom. The highest BCUT2D eigenvalue weighted by molar-refractivity contribution is 5.92. The summed E-state index contributed by atoms with van der Waals surface area (Å²) in [6.07, 6.45) is -0.242. The van der Waals surface area contributed by atoms with E-state index in [1.807, 2.05) is 0 Å². The molecule has 1 aliphatic heterocycles. The van der Waals surface area contributed by atoms with Gasteiger partial charge in [-0.1, -0.05) is 0 Å². The number of hydrogen-bond acceptors (Lipinski definition) is 5. The Balaban J connectivity index is 2.28. The lowest BCUT2D eigenvalue weighted by molar-refractivity contribution is -0.141. The third-order valence-electron chi connectivity index (χ3n) is 2.51. The monoisotopic (exact) mass is 244 g/mol. The van der Waals surface area contributed by atoms with Crippen LogP contribution in [0.1, 0.15) is 13.3 Å². The van der Waals surface area contributed by atoms with Crippen LogP contribution in [0.2, 0.25) is 0 Å². The first kappa shape index (κ1) is 13.4. The molecule has 2 amide bonds. The maximum Gasteiger partial charge on any atom is 0.413 e. The molecular formula is C10H16N2O5. The van der Waals surface area contributed by atoms with Crippen LogP contribution in [-0.4, -0.2) is 54.2 Å². The maximum absolute atomic E-state index is 11.4. The number of likely N-dealkylation sites (tertiary alicyclic amines) is 1. The van der Waals surface area contributed by atoms with Crippen molar-refractivity contribution in [1.82, 2.24) is 10.2 Å². The smallest absolute Gasteiger partial charge is 0.413 e. The Bertz CT molecular complexity index is 318. The third-order valence-corrected chi connectivity index (χ3v) is 2.51. The van der Waals surface area contributed by atoms with E-state index in [4.69, 9.17) is 5.11 Å². The summed E-state index contributed by atoms with van der Waals surface area (Å²) in [5, 5.41) is 10.8. The summed E-state index contributed by atoms with van der Waals surface area (Å²) in [5.41, 5.74) is 0. The van der Waals surface area contributed by atoms with E-state index in [1.165, 1.54) is 0 Å². The van der Waals surface area contributed by atoms with Gasteiger partial charge < -0.3 is 9.84 Å². The normalized spacial score (nSPS) is 19.9. The van der Waals surface area contributed by atoms with Crippen molar-refractivity contribution in [2.75, 3.05) is 26.2 Å². The predicted octanol–water partition coefficient (Wildman–Crippen LogP) is -0.334. The van der Waals surface area contributed by atoms with Gasteiger partial charge in [-0.2, -0.15) is 0 Å². The molecule has 1 saturated heterocycles. The van der Waals surface area contributed by atoms with Gasteiger partial charge in [0.05, 0.1) is 19.1 Å². The Morgan fingerprint density at radius 1 is 1.47 bits per heavy atom. The second-order valence-corrected chi connectivity index (χ2v) is 3.83. The van der Waals surface area contributed by atoms with Crippen LogP contribution in [0.25, 0.3) is 0 Å². The van der Waals surface area contributed by atoms with Crippen molar-refractivity contribution < 1.29 is 24.2 Å². The van der Waals surface area contributed by atoms with E-state index in [1.54, 1.807) is 11.8 Å². The number of nitrogens with one attached hydrogen (secondary N) is 1.